The molecule has 7 nitrogen and oxygen atoms in total. The van der Waals surface area contributed by atoms with E-state index >= 15 is 0 Å². The van der Waals surface area contributed by atoms with Gasteiger partial charge in [-0.25, -0.2) is 9.78 Å². The van der Waals surface area contributed by atoms with Crippen molar-refractivity contribution in [1.82, 2.24) is 20.2 Å². The van der Waals surface area contributed by atoms with Crippen molar-refractivity contribution >= 4 is 17.6 Å². The predicted octanol–water partition coefficient (Wildman–Crippen LogP) is 3.26. The summed E-state index contributed by atoms with van der Waals surface area (Å²) < 4.78 is 1.91. The van der Waals surface area contributed by atoms with Gasteiger partial charge < -0.3 is 20.5 Å². The minimum absolute atomic E-state index is 0.189. The third-order valence-electron chi connectivity index (χ3n) is 4.33. The van der Waals surface area contributed by atoms with Crippen LogP contribution >= 0.6 is 0 Å². The van der Waals surface area contributed by atoms with Crippen molar-refractivity contribution < 1.29 is 9.59 Å². The van der Waals surface area contributed by atoms with E-state index in [4.69, 9.17) is 0 Å². The summed E-state index contributed by atoms with van der Waals surface area (Å²) in [6.07, 6.45) is 5.32. The van der Waals surface area contributed by atoms with Crippen LogP contribution in [-0.4, -0.2) is 27.5 Å². The largest absolute Gasteiger partial charge is 0.348 e. The third kappa shape index (κ3) is 4.97. The summed E-state index contributed by atoms with van der Waals surface area (Å²) >= 11 is 0. The number of aromatic nitrogens is 2. The zero-order valence-electron chi connectivity index (χ0n) is 15.8. The molecular formula is C21H23N5O2. The SMILES string of the molecule is C[C@H](NC(=O)Nc1ccccc1)C(=O)N[C@H](C)c1ccc(-n2ccnc2)cc1. The van der Waals surface area contributed by atoms with E-state index in [-0.39, 0.29) is 11.9 Å². The van der Waals surface area contributed by atoms with Gasteiger partial charge in [-0.1, -0.05) is 30.3 Å². The molecule has 1 heterocycles. The van der Waals surface area contributed by atoms with Crippen LogP contribution < -0.4 is 16.0 Å². The fourth-order valence-electron chi connectivity index (χ4n) is 2.72. The minimum atomic E-state index is -0.670. The van der Waals surface area contributed by atoms with E-state index in [1.54, 1.807) is 31.6 Å². The van der Waals surface area contributed by atoms with Crippen molar-refractivity contribution in [2.75, 3.05) is 5.32 Å². The molecule has 7 heteroatoms. The number of imidazole rings is 1. The molecule has 3 aromatic rings. The fraction of sp³-hybridized carbons (Fsp3) is 0.190. The molecule has 0 saturated carbocycles. The Morgan fingerprint density at radius 1 is 0.964 bits per heavy atom. The first-order chi connectivity index (χ1) is 13.5. The maximum Gasteiger partial charge on any atom is 0.319 e. The lowest BCUT2D eigenvalue weighted by Crippen LogP contribution is -2.46. The van der Waals surface area contributed by atoms with Gasteiger partial charge in [-0.15, -0.1) is 0 Å². The molecule has 3 N–H and O–H groups in total. The van der Waals surface area contributed by atoms with Crippen LogP contribution in [0.2, 0.25) is 0 Å². The van der Waals surface area contributed by atoms with E-state index in [2.05, 4.69) is 20.9 Å². The van der Waals surface area contributed by atoms with Crippen LogP contribution in [-0.2, 0) is 4.79 Å². The number of benzene rings is 2. The number of anilines is 1. The second-order valence-corrected chi connectivity index (χ2v) is 6.48. The molecule has 0 bridgehead atoms. The fourth-order valence-corrected chi connectivity index (χ4v) is 2.72. The molecule has 0 unspecified atom stereocenters. The van der Waals surface area contributed by atoms with Crippen molar-refractivity contribution in [2.24, 2.45) is 0 Å². The number of nitrogens with one attached hydrogen (secondary N) is 3. The van der Waals surface area contributed by atoms with Gasteiger partial charge in [0.1, 0.15) is 6.04 Å². The number of amides is 3. The molecule has 0 fully saturated rings. The highest BCUT2D eigenvalue weighted by molar-refractivity contribution is 5.93. The number of nitrogens with zero attached hydrogens (tertiary/aromatic N) is 2. The summed E-state index contributed by atoms with van der Waals surface area (Å²) in [5.74, 6) is -0.255. The lowest BCUT2D eigenvalue weighted by Gasteiger charge is -2.19. The Hall–Kier alpha value is -3.61. The normalized spacial score (nSPS) is 12.6. The van der Waals surface area contributed by atoms with E-state index in [0.717, 1.165) is 11.3 Å². The number of para-hydroxylation sites is 1. The van der Waals surface area contributed by atoms with Gasteiger partial charge in [-0.3, -0.25) is 4.79 Å². The molecule has 0 aliphatic heterocycles. The van der Waals surface area contributed by atoms with E-state index in [0.29, 0.717) is 5.69 Å². The standard InChI is InChI=1S/C21H23N5O2/c1-15(17-8-10-19(11-9-17)26-13-12-22-14-26)23-20(27)16(2)24-21(28)25-18-6-4-3-5-7-18/h3-16H,1-2H3,(H,23,27)(H2,24,25,28)/t15-,16+/m1/s1. The highest BCUT2D eigenvalue weighted by Crippen LogP contribution is 2.16. The number of hydrogen-bond donors (Lipinski definition) is 3. The lowest BCUT2D eigenvalue weighted by atomic mass is 10.1. The molecule has 0 spiro atoms. The van der Waals surface area contributed by atoms with Gasteiger partial charge in [0.15, 0.2) is 0 Å². The Balaban J connectivity index is 1.52. The molecule has 2 atom stereocenters. The maximum absolute atomic E-state index is 12.4. The molecule has 144 valence electrons. The van der Waals surface area contributed by atoms with Gasteiger partial charge in [0.2, 0.25) is 5.91 Å². The zero-order valence-corrected chi connectivity index (χ0v) is 15.8. The lowest BCUT2D eigenvalue weighted by molar-refractivity contribution is -0.123. The Morgan fingerprint density at radius 3 is 2.32 bits per heavy atom. The zero-order chi connectivity index (χ0) is 19.9. The van der Waals surface area contributed by atoms with Crippen molar-refractivity contribution in [2.45, 2.75) is 25.9 Å². The Labute approximate surface area is 163 Å². The minimum Gasteiger partial charge on any atom is -0.348 e. The first kappa shape index (κ1) is 19.2. The van der Waals surface area contributed by atoms with Crippen molar-refractivity contribution in [3.8, 4) is 5.69 Å². The summed E-state index contributed by atoms with van der Waals surface area (Å²) in [6, 6.07) is 15.6. The Bertz CT molecular complexity index is 908. The van der Waals surface area contributed by atoms with Crippen molar-refractivity contribution in [3.63, 3.8) is 0 Å². The number of hydrogen-bond acceptors (Lipinski definition) is 3. The van der Waals surface area contributed by atoms with Gasteiger partial charge in [-0.2, -0.15) is 0 Å². The second kappa shape index (κ2) is 8.85. The average Bonchev–Trinajstić information content (AvgIpc) is 3.23. The Kier molecular flexibility index (Phi) is 6.06. The molecule has 2 aromatic carbocycles. The van der Waals surface area contributed by atoms with Crippen molar-refractivity contribution in [1.29, 1.82) is 0 Å². The molecular weight excluding hydrogens is 354 g/mol. The molecule has 0 saturated heterocycles. The van der Waals surface area contributed by atoms with E-state index in [1.165, 1.54) is 0 Å². The second-order valence-electron chi connectivity index (χ2n) is 6.48. The molecule has 3 rings (SSSR count). The van der Waals surface area contributed by atoms with Gasteiger partial charge in [0.05, 0.1) is 12.4 Å². The number of carbonyl (C=O) groups excluding carboxylic acids is 2. The van der Waals surface area contributed by atoms with E-state index in [1.807, 2.05) is 60.2 Å². The summed E-state index contributed by atoms with van der Waals surface area (Å²) in [7, 11) is 0. The molecule has 0 radical (unpaired) electrons. The van der Waals surface area contributed by atoms with Crippen LogP contribution in [0.4, 0.5) is 10.5 Å². The van der Waals surface area contributed by atoms with Crippen LogP contribution in [0.5, 0.6) is 0 Å². The first-order valence-corrected chi connectivity index (χ1v) is 9.04. The predicted molar refractivity (Wildman–Crippen MR) is 108 cm³/mol. The smallest absolute Gasteiger partial charge is 0.319 e. The van der Waals surface area contributed by atoms with Crippen LogP contribution in [0.25, 0.3) is 5.69 Å². The molecule has 3 amide bonds. The molecule has 1 aromatic heterocycles. The van der Waals surface area contributed by atoms with Crippen LogP contribution in [0.3, 0.4) is 0 Å². The summed E-state index contributed by atoms with van der Waals surface area (Å²) in [4.78, 5) is 28.5. The van der Waals surface area contributed by atoms with Gasteiger partial charge >= 0.3 is 6.03 Å². The molecule has 0 aliphatic rings. The summed E-state index contributed by atoms with van der Waals surface area (Å²) in [6.45, 7) is 3.55. The van der Waals surface area contributed by atoms with Gasteiger partial charge in [0, 0.05) is 23.8 Å². The maximum atomic E-state index is 12.4. The average molecular weight is 377 g/mol. The van der Waals surface area contributed by atoms with Crippen molar-refractivity contribution in [3.05, 3.63) is 78.9 Å². The molecule has 28 heavy (non-hydrogen) atoms. The summed E-state index contributed by atoms with van der Waals surface area (Å²) in [5, 5.41) is 8.25. The third-order valence-corrected chi connectivity index (χ3v) is 4.33. The highest BCUT2D eigenvalue weighted by atomic mass is 16.2. The number of rotatable bonds is 6. The van der Waals surface area contributed by atoms with Crippen LogP contribution in [0.15, 0.2) is 73.3 Å². The molecule has 0 aliphatic carbocycles. The number of carbonyl (C=O) groups is 2. The summed E-state index contributed by atoms with van der Waals surface area (Å²) in [5.41, 5.74) is 2.63. The van der Waals surface area contributed by atoms with Gasteiger partial charge in [-0.05, 0) is 43.7 Å². The quantitative estimate of drug-likeness (QED) is 0.616. The van der Waals surface area contributed by atoms with Crippen LogP contribution in [0, 0.1) is 0 Å². The topological polar surface area (TPSA) is 88.0 Å². The van der Waals surface area contributed by atoms with Crippen LogP contribution in [0.1, 0.15) is 25.5 Å². The van der Waals surface area contributed by atoms with E-state index in [9.17, 15) is 9.59 Å². The highest BCUT2D eigenvalue weighted by Gasteiger charge is 2.18. The monoisotopic (exact) mass is 377 g/mol. The first-order valence-electron chi connectivity index (χ1n) is 9.04. The number of urea groups is 1. The van der Waals surface area contributed by atoms with E-state index < -0.39 is 12.1 Å². The van der Waals surface area contributed by atoms with Gasteiger partial charge in [0.25, 0.3) is 0 Å². The Morgan fingerprint density at radius 2 is 1.68 bits per heavy atom.